The highest BCUT2D eigenvalue weighted by molar-refractivity contribution is 7.10. The zero-order valence-corrected chi connectivity index (χ0v) is 15.1. The van der Waals surface area contributed by atoms with Crippen LogP contribution in [-0.4, -0.2) is 22.3 Å². The quantitative estimate of drug-likeness (QED) is 0.529. The Hall–Kier alpha value is -2.37. The number of rotatable bonds is 2. The number of para-hydroxylation sites is 1. The standard InChI is InChI=1S/C20H16N2OS2/c23-20(16-12-13-4-1-2-5-15(13)21-16)22-9-7-17-14(8-11-25-17)19(22)18-6-3-10-24-18/h1-6,8,10-12,19,21H,7,9H2/t19-/m1/s1. The zero-order valence-electron chi connectivity index (χ0n) is 13.4. The second-order valence-corrected chi connectivity index (χ2v) is 8.22. The predicted octanol–water partition coefficient (Wildman–Crippen LogP) is 5.08. The predicted molar refractivity (Wildman–Crippen MR) is 104 cm³/mol. The van der Waals surface area contributed by atoms with Crippen LogP contribution < -0.4 is 0 Å². The molecule has 0 bridgehead atoms. The number of thiophene rings is 2. The molecule has 3 nitrogen and oxygen atoms in total. The molecule has 0 radical (unpaired) electrons. The fourth-order valence-corrected chi connectivity index (χ4v) is 5.39. The van der Waals surface area contributed by atoms with Gasteiger partial charge in [0.05, 0.1) is 6.04 Å². The Morgan fingerprint density at radius 2 is 2.00 bits per heavy atom. The molecule has 4 heterocycles. The van der Waals surface area contributed by atoms with E-state index >= 15 is 0 Å². The molecule has 1 aliphatic rings. The van der Waals surface area contributed by atoms with E-state index in [1.54, 1.807) is 22.7 Å². The van der Waals surface area contributed by atoms with Crippen LogP contribution in [0.3, 0.4) is 0 Å². The molecule has 1 N–H and O–H groups in total. The molecule has 124 valence electrons. The SMILES string of the molecule is O=C(c1cc2ccccc2[nH]1)N1CCc2sccc2[C@@H]1c1cccs1. The van der Waals surface area contributed by atoms with Crippen LogP contribution in [0, 0.1) is 0 Å². The fourth-order valence-electron chi connectivity index (χ4n) is 3.63. The highest BCUT2D eigenvalue weighted by atomic mass is 32.1. The van der Waals surface area contributed by atoms with Crippen molar-refractivity contribution in [3.8, 4) is 0 Å². The molecule has 25 heavy (non-hydrogen) atoms. The Labute approximate surface area is 153 Å². The van der Waals surface area contributed by atoms with Crippen LogP contribution in [0.5, 0.6) is 0 Å². The molecular weight excluding hydrogens is 348 g/mol. The second kappa shape index (κ2) is 5.86. The van der Waals surface area contributed by atoms with E-state index in [-0.39, 0.29) is 11.9 Å². The van der Waals surface area contributed by atoms with Gasteiger partial charge in [0.2, 0.25) is 0 Å². The van der Waals surface area contributed by atoms with Gasteiger partial charge in [-0.25, -0.2) is 0 Å². The maximum Gasteiger partial charge on any atom is 0.271 e. The zero-order chi connectivity index (χ0) is 16.8. The van der Waals surface area contributed by atoms with Gasteiger partial charge in [0.1, 0.15) is 5.69 Å². The van der Waals surface area contributed by atoms with Gasteiger partial charge in [-0.2, -0.15) is 0 Å². The van der Waals surface area contributed by atoms with Crippen LogP contribution in [0.1, 0.15) is 31.8 Å². The van der Waals surface area contributed by atoms with E-state index in [4.69, 9.17) is 0 Å². The van der Waals surface area contributed by atoms with Crippen molar-refractivity contribution in [2.24, 2.45) is 0 Å². The molecule has 3 aromatic heterocycles. The lowest BCUT2D eigenvalue weighted by atomic mass is 9.98. The highest BCUT2D eigenvalue weighted by Crippen LogP contribution is 2.40. The monoisotopic (exact) mass is 364 g/mol. The van der Waals surface area contributed by atoms with Crippen LogP contribution in [0.2, 0.25) is 0 Å². The van der Waals surface area contributed by atoms with E-state index in [9.17, 15) is 4.79 Å². The molecule has 5 heteroatoms. The molecule has 0 unspecified atom stereocenters. The van der Waals surface area contributed by atoms with Crippen molar-refractivity contribution in [3.05, 3.63) is 80.3 Å². The van der Waals surface area contributed by atoms with Crippen LogP contribution in [0.4, 0.5) is 0 Å². The average molecular weight is 364 g/mol. The average Bonchev–Trinajstić information content (AvgIpc) is 3.39. The van der Waals surface area contributed by atoms with Crippen molar-refractivity contribution in [2.75, 3.05) is 6.54 Å². The van der Waals surface area contributed by atoms with Gasteiger partial charge in [-0.15, -0.1) is 22.7 Å². The number of nitrogens with one attached hydrogen (secondary N) is 1. The lowest BCUT2D eigenvalue weighted by Crippen LogP contribution is -2.39. The van der Waals surface area contributed by atoms with Crippen molar-refractivity contribution in [3.63, 3.8) is 0 Å². The summed E-state index contributed by atoms with van der Waals surface area (Å²) in [7, 11) is 0. The number of fused-ring (bicyclic) bond motifs is 2. The number of carbonyl (C=O) groups excluding carboxylic acids is 1. The third-order valence-electron chi connectivity index (χ3n) is 4.80. The minimum Gasteiger partial charge on any atom is -0.351 e. The first-order valence-corrected chi connectivity index (χ1v) is 10.1. The molecule has 4 aromatic rings. The summed E-state index contributed by atoms with van der Waals surface area (Å²) in [4.78, 5) is 21.2. The number of benzene rings is 1. The minimum absolute atomic E-state index is 0.0221. The van der Waals surface area contributed by atoms with Gasteiger partial charge in [0.15, 0.2) is 0 Å². The number of hydrogen-bond donors (Lipinski definition) is 1. The Kier molecular flexibility index (Phi) is 3.50. The smallest absolute Gasteiger partial charge is 0.271 e. The van der Waals surface area contributed by atoms with E-state index in [1.165, 1.54) is 15.3 Å². The van der Waals surface area contributed by atoms with Gasteiger partial charge in [0.25, 0.3) is 5.91 Å². The van der Waals surface area contributed by atoms with Crippen LogP contribution >= 0.6 is 22.7 Å². The van der Waals surface area contributed by atoms with E-state index in [1.807, 2.05) is 35.2 Å². The summed E-state index contributed by atoms with van der Waals surface area (Å²) >= 11 is 3.52. The third-order valence-corrected chi connectivity index (χ3v) is 6.72. The summed E-state index contributed by atoms with van der Waals surface area (Å²) in [6.07, 6.45) is 0.931. The minimum atomic E-state index is 0.0221. The Bertz CT molecular complexity index is 1010. The van der Waals surface area contributed by atoms with Crippen LogP contribution in [0.15, 0.2) is 59.3 Å². The molecule has 0 fully saturated rings. The molecular formula is C20H16N2OS2. The number of carbonyl (C=O) groups is 1. The van der Waals surface area contributed by atoms with Gasteiger partial charge in [-0.3, -0.25) is 4.79 Å². The van der Waals surface area contributed by atoms with Gasteiger partial charge in [0, 0.05) is 27.2 Å². The first-order valence-electron chi connectivity index (χ1n) is 8.29. The summed E-state index contributed by atoms with van der Waals surface area (Å²) in [6.45, 7) is 0.754. The Morgan fingerprint density at radius 3 is 2.84 bits per heavy atom. The van der Waals surface area contributed by atoms with Crippen LogP contribution in [0.25, 0.3) is 10.9 Å². The van der Waals surface area contributed by atoms with Crippen molar-refractivity contribution >= 4 is 39.5 Å². The lowest BCUT2D eigenvalue weighted by Gasteiger charge is -2.35. The number of hydrogen-bond acceptors (Lipinski definition) is 3. The summed E-state index contributed by atoms with van der Waals surface area (Å²) in [5.41, 5.74) is 2.95. The number of aromatic amines is 1. The lowest BCUT2D eigenvalue weighted by molar-refractivity contribution is 0.0693. The summed E-state index contributed by atoms with van der Waals surface area (Å²) < 4.78 is 0. The maximum absolute atomic E-state index is 13.3. The summed E-state index contributed by atoms with van der Waals surface area (Å²) in [6, 6.07) is 16.4. The van der Waals surface area contributed by atoms with Crippen molar-refractivity contribution in [2.45, 2.75) is 12.5 Å². The molecule has 1 amide bonds. The van der Waals surface area contributed by atoms with Gasteiger partial charge in [-0.05, 0) is 47.0 Å². The topological polar surface area (TPSA) is 36.1 Å². The summed E-state index contributed by atoms with van der Waals surface area (Å²) in [5, 5.41) is 5.30. The Morgan fingerprint density at radius 1 is 1.08 bits per heavy atom. The number of amides is 1. The van der Waals surface area contributed by atoms with Gasteiger partial charge in [-0.1, -0.05) is 24.3 Å². The second-order valence-electron chi connectivity index (χ2n) is 6.24. The largest absolute Gasteiger partial charge is 0.351 e. The van der Waals surface area contributed by atoms with E-state index in [2.05, 4.69) is 33.9 Å². The van der Waals surface area contributed by atoms with E-state index in [0.29, 0.717) is 5.69 Å². The molecule has 1 atom stereocenters. The van der Waals surface area contributed by atoms with Gasteiger partial charge >= 0.3 is 0 Å². The number of H-pyrrole nitrogens is 1. The molecule has 0 saturated carbocycles. The maximum atomic E-state index is 13.3. The normalized spacial score (nSPS) is 17.0. The molecule has 0 aliphatic carbocycles. The molecule has 0 saturated heterocycles. The fraction of sp³-hybridized carbons (Fsp3) is 0.150. The molecule has 5 rings (SSSR count). The van der Waals surface area contributed by atoms with Crippen molar-refractivity contribution in [1.29, 1.82) is 0 Å². The molecule has 1 aliphatic heterocycles. The van der Waals surface area contributed by atoms with E-state index < -0.39 is 0 Å². The third kappa shape index (κ3) is 2.42. The molecule has 0 spiro atoms. The number of aromatic nitrogens is 1. The molecule has 1 aromatic carbocycles. The van der Waals surface area contributed by atoms with Crippen molar-refractivity contribution < 1.29 is 4.79 Å². The first-order chi connectivity index (χ1) is 12.3. The number of nitrogens with zero attached hydrogens (tertiary/aromatic N) is 1. The van der Waals surface area contributed by atoms with Crippen molar-refractivity contribution in [1.82, 2.24) is 9.88 Å². The first kappa shape index (κ1) is 14.9. The van der Waals surface area contributed by atoms with Crippen LogP contribution in [-0.2, 0) is 6.42 Å². The van der Waals surface area contributed by atoms with Gasteiger partial charge < -0.3 is 9.88 Å². The summed E-state index contributed by atoms with van der Waals surface area (Å²) in [5.74, 6) is 0.0754. The highest BCUT2D eigenvalue weighted by Gasteiger charge is 2.34. The van der Waals surface area contributed by atoms with E-state index in [0.717, 1.165) is 23.9 Å². The Balaban J connectivity index is 1.58.